The van der Waals surface area contributed by atoms with Gasteiger partial charge < -0.3 is 19.5 Å². The van der Waals surface area contributed by atoms with E-state index in [1.165, 1.54) is 26.1 Å². The normalized spacial score (nSPS) is 12.7. The summed E-state index contributed by atoms with van der Waals surface area (Å²) in [5.74, 6) is -9.06. The number of hydrogen-bond donors (Lipinski definition) is 1. The zero-order chi connectivity index (χ0) is 29.3. The minimum atomic E-state index is -5.33. The van der Waals surface area contributed by atoms with Gasteiger partial charge in [0.1, 0.15) is 17.0 Å². The summed E-state index contributed by atoms with van der Waals surface area (Å²) in [5, 5.41) is 1.83. The lowest BCUT2D eigenvalue weighted by atomic mass is 10.1. The Hall–Kier alpha value is -3.93. The second-order valence-electron chi connectivity index (χ2n) is 7.09. The van der Waals surface area contributed by atoms with Crippen molar-refractivity contribution in [1.29, 1.82) is 0 Å². The molecule has 0 spiro atoms. The average Bonchev–Trinajstić information content (AvgIpc) is 2.80. The molecule has 0 aliphatic heterocycles. The number of ether oxygens (including phenoxy) is 3. The Morgan fingerprint density at radius 1 is 1.08 bits per heavy atom. The molecule has 0 fully saturated rings. The zero-order valence-corrected chi connectivity index (χ0v) is 19.0. The summed E-state index contributed by atoms with van der Waals surface area (Å²) in [6.45, 7) is 2.76. The van der Waals surface area contributed by atoms with Crippen molar-refractivity contribution >= 4 is 29.0 Å². The van der Waals surface area contributed by atoms with Gasteiger partial charge in [0.2, 0.25) is 11.6 Å². The van der Waals surface area contributed by atoms with Crippen molar-refractivity contribution in [1.82, 2.24) is 4.98 Å². The molecule has 0 atom stereocenters. The van der Waals surface area contributed by atoms with E-state index in [0.717, 1.165) is 12.1 Å². The largest absolute Gasteiger partial charge is 0.573 e. The highest BCUT2D eigenvalue weighted by Crippen LogP contribution is 2.41. The van der Waals surface area contributed by atoms with Crippen molar-refractivity contribution in [2.45, 2.75) is 20.2 Å². The summed E-state index contributed by atoms with van der Waals surface area (Å²) in [4.78, 5) is 28.6. The number of benzene rings is 2. The molecule has 1 N–H and O–H groups in total. The number of nitrogens with one attached hydrogen (secondary N) is 1. The molecule has 0 saturated heterocycles. The van der Waals surface area contributed by atoms with Crippen LogP contribution in [0.5, 0.6) is 23.0 Å². The molecule has 0 bridgehead atoms. The molecule has 0 saturated carbocycles. The van der Waals surface area contributed by atoms with Crippen LogP contribution in [0.1, 0.15) is 37.4 Å². The van der Waals surface area contributed by atoms with Gasteiger partial charge in [0.25, 0.3) is 5.91 Å². The van der Waals surface area contributed by atoms with Gasteiger partial charge in [0, 0.05) is 18.8 Å². The Balaban J connectivity index is 2.09. The van der Waals surface area contributed by atoms with Crippen molar-refractivity contribution in [3.05, 3.63) is 70.0 Å². The van der Waals surface area contributed by atoms with E-state index in [-0.39, 0.29) is 11.4 Å². The Kier molecular flexibility index (Phi) is 6.48. The van der Waals surface area contributed by atoms with Crippen LogP contribution < -0.4 is 19.5 Å². The number of halogens is 6. The molecule has 36 heavy (non-hydrogen) atoms. The summed E-state index contributed by atoms with van der Waals surface area (Å²) in [6.07, 6.45) is -4.05. The molecule has 1 aromatic heterocycles. The lowest BCUT2D eigenvalue weighted by molar-refractivity contribution is -0.275. The van der Waals surface area contributed by atoms with E-state index in [0.29, 0.717) is 17.7 Å². The maximum Gasteiger partial charge on any atom is 0.573 e. The fourth-order valence-corrected chi connectivity index (χ4v) is 3.04. The van der Waals surface area contributed by atoms with Gasteiger partial charge in [-0.2, -0.15) is 4.39 Å². The first kappa shape index (κ1) is 22.5. The SMILES string of the molecule is [2H]C([2H])([2H])Oc1c(Oc2ccc(Cl)c(F)c2C(=O)Nc2cc(C(C)=O)ncc2C)ccc(OC(F)(F)F)c1F. The minimum Gasteiger partial charge on any atom is -0.490 e. The topological polar surface area (TPSA) is 86.8 Å². The highest BCUT2D eigenvalue weighted by atomic mass is 35.5. The Labute approximate surface area is 210 Å². The number of aromatic nitrogens is 1. The first-order valence-corrected chi connectivity index (χ1v) is 10.1. The quantitative estimate of drug-likeness (QED) is 0.276. The molecule has 2 aromatic carbocycles. The Morgan fingerprint density at radius 2 is 1.75 bits per heavy atom. The Morgan fingerprint density at radius 3 is 2.39 bits per heavy atom. The molecule has 0 unspecified atom stereocenters. The monoisotopic (exact) mass is 533 g/mol. The molecule has 0 aliphatic carbocycles. The highest BCUT2D eigenvalue weighted by molar-refractivity contribution is 6.31. The number of rotatable bonds is 7. The van der Waals surface area contributed by atoms with E-state index in [4.69, 9.17) is 20.5 Å². The van der Waals surface area contributed by atoms with E-state index < -0.39 is 70.3 Å². The maximum absolute atomic E-state index is 15.0. The van der Waals surface area contributed by atoms with Crippen LogP contribution in [-0.4, -0.2) is 30.1 Å². The number of aryl methyl sites for hydroxylation is 1. The fraction of sp³-hybridized carbons (Fsp3) is 0.174. The van der Waals surface area contributed by atoms with Crippen LogP contribution in [0.25, 0.3) is 0 Å². The molecule has 3 aromatic rings. The second-order valence-corrected chi connectivity index (χ2v) is 7.49. The number of nitrogens with zero attached hydrogens (tertiary/aromatic N) is 1. The minimum absolute atomic E-state index is 0.0120. The molecule has 7 nitrogen and oxygen atoms in total. The van der Waals surface area contributed by atoms with E-state index in [2.05, 4.69) is 19.8 Å². The number of carbonyl (C=O) groups excluding carboxylic acids is 2. The maximum atomic E-state index is 15.0. The first-order valence-electron chi connectivity index (χ1n) is 11.2. The number of carbonyl (C=O) groups is 2. The molecule has 1 amide bonds. The second kappa shape index (κ2) is 10.4. The summed E-state index contributed by atoms with van der Waals surface area (Å²) < 4.78 is 103. The van der Waals surface area contributed by atoms with Gasteiger partial charge >= 0.3 is 6.36 Å². The average molecular weight is 534 g/mol. The number of pyridine rings is 1. The van der Waals surface area contributed by atoms with Crippen LogP contribution in [-0.2, 0) is 0 Å². The van der Waals surface area contributed by atoms with E-state index in [1.807, 2.05) is 0 Å². The van der Waals surface area contributed by atoms with Crippen LogP contribution in [0.3, 0.4) is 0 Å². The van der Waals surface area contributed by atoms with Crippen LogP contribution in [0.2, 0.25) is 5.02 Å². The number of anilines is 1. The molecule has 3 rings (SSSR count). The summed E-state index contributed by atoms with van der Waals surface area (Å²) >= 11 is 5.81. The van der Waals surface area contributed by atoms with E-state index >= 15 is 4.39 Å². The first-order chi connectivity index (χ1) is 18.0. The van der Waals surface area contributed by atoms with Gasteiger partial charge in [-0.15, -0.1) is 13.2 Å². The van der Waals surface area contributed by atoms with Crippen LogP contribution >= 0.6 is 11.6 Å². The van der Waals surface area contributed by atoms with Gasteiger partial charge in [-0.05, 0) is 42.8 Å². The number of ketones is 1. The number of alkyl halides is 3. The lowest BCUT2D eigenvalue weighted by Crippen LogP contribution is -2.18. The standard InChI is InChI=1S/C23H16ClF5N2O5/c1-10-9-30-14(11(2)32)8-13(10)31-22(33)18-15(5-4-12(24)19(18)25)35-17-7-6-16(36-23(27,28)29)20(26)21(17)34-3/h4-9H,1-3H3,(H,30,31,33)/i3D3. The number of amides is 1. The smallest absolute Gasteiger partial charge is 0.490 e. The lowest BCUT2D eigenvalue weighted by Gasteiger charge is -2.17. The van der Waals surface area contributed by atoms with Crippen molar-refractivity contribution in [3.63, 3.8) is 0 Å². The third kappa shape index (κ3) is 5.82. The summed E-state index contributed by atoms with van der Waals surface area (Å²) in [6, 6.07) is 4.27. The van der Waals surface area contributed by atoms with Crippen LogP contribution in [0, 0.1) is 18.6 Å². The number of hydrogen-bond acceptors (Lipinski definition) is 6. The van der Waals surface area contributed by atoms with Crippen LogP contribution in [0.4, 0.5) is 27.6 Å². The van der Waals surface area contributed by atoms with Gasteiger partial charge in [-0.3, -0.25) is 14.6 Å². The van der Waals surface area contributed by atoms with Gasteiger partial charge in [0.05, 0.1) is 16.2 Å². The highest BCUT2D eigenvalue weighted by Gasteiger charge is 2.34. The molecule has 1 heterocycles. The van der Waals surface area contributed by atoms with E-state index in [1.54, 1.807) is 0 Å². The third-order valence-electron chi connectivity index (χ3n) is 4.57. The van der Waals surface area contributed by atoms with Crippen molar-refractivity contribution < 1.29 is 49.9 Å². The Bertz CT molecular complexity index is 1450. The summed E-state index contributed by atoms with van der Waals surface area (Å²) in [5.41, 5.74) is -0.411. The third-order valence-corrected chi connectivity index (χ3v) is 4.86. The van der Waals surface area contributed by atoms with Crippen molar-refractivity contribution in [2.75, 3.05) is 12.4 Å². The zero-order valence-electron chi connectivity index (χ0n) is 21.2. The van der Waals surface area contributed by atoms with Gasteiger partial charge in [-0.1, -0.05) is 11.6 Å². The van der Waals surface area contributed by atoms with Gasteiger partial charge in [0.15, 0.2) is 23.1 Å². The molecular weight excluding hydrogens is 515 g/mol. The van der Waals surface area contributed by atoms with Crippen LogP contribution in [0.15, 0.2) is 36.5 Å². The van der Waals surface area contributed by atoms with Crippen molar-refractivity contribution in [3.8, 4) is 23.0 Å². The fourth-order valence-electron chi connectivity index (χ4n) is 2.88. The summed E-state index contributed by atoms with van der Waals surface area (Å²) in [7, 11) is -3.37. The number of Topliss-reactive ketones (excluding diaryl/α,β-unsaturated/α-hetero) is 1. The molecule has 13 heteroatoms. The molecule has 0 radical (unpaired) electrons. The molecular formula is C23H16ClF5N2O5. The number of methoxy groups -OCH3 is 1. The van der Waals surface area contributed by atoms with E-state index in [9.17, 15) is 27.2 Å². The predicted molar refractivity (Wildman–Crippen MR) is 118 cm³/mol. The molecule has 0 aliphatic rings. The van der Waals surface area contributed by atoms with Gasteiger partial charge in [-0.25, -0.2) is 4.39 Å². The predicted octanol–water partition coefficient (Wildman–Crippen LogP) is 6.48. The van der Waals surface area contributed by atoms with Crippen molar-refractivity contribution in [2.24, 2.45) is 0 Å². The molecule has 190 valence electrons.